The molecule has 2 aliphatic heterocycles. The van der Waals surface area contributed by atoms with Gasteiger partial charge < -0.3 is 30.5 Å². The average Bonchev–Trinajstić information content (AvgIpc) is 3.33. The van der Waals surface area contributed by atoms with Gasteiger partial charge in [0.1, 0.15) is 17.5 Å². The van der Waals surface area contributed by atoms with E-state index < -0.39 is 29.5 Å². The van der Waals surface area contributed by atoms with E-state index in [0.717, 1.165) is 24.1 Å². The smallest absolute Gasteiger partial charge is 0.416 e. The molecule has 0 unspecified atom stereocenters. The fraction of sp³-hybridized carbons (Fsp3) is 0.629. The van der Waals surface area contributed by atoms with E-state index in [-0.39, 0.29) is 53.2 Å². The lowest BCUT2D eigenvalue weighted by atomic mass is 9.84. The summed E-state index contributed by atoms with van der Waals surface area (Å²) in [4.78, 5) is 51.4. The highest BCUT2D eigenvalue weighted by Crippen LogP contribution is 2.35. The maximum absolute atomic E-state index is 13.9. The van der Waals surface area contributed by atoms with Crippen LogP contribution in [0, 0.1) is 0 Å². The lowest BCUT2D eigenvalue weighted by Gasteiger charge is -2.43. The van der Waals surface area contributed by atoms with E-state index in [2.05, 4.69) is 46.7 Å². The number of ether oxygens (including phenoxy) is 1. The number of fused-ring (bicyclic) bond motifs is 1. The summed E-state index contributed by atoms with van der Waals surface area (Å²) in [6, 6.07) is 2.30. The number of hydrogen-bond acceptors (Lipinski definition) is 8. The highest BCUT2D eigenvalue weighted by atomic mass is 19.4. The van der Waals surface area contributed by atoms with E-state index in [1.54, 1.807) is 30.6 Å². The number of amides is 3. The molecule has 4 atom stereocenters. The topological polar surface area (TPSA) is 129 Å². The third-order valence-corrected chi connectivity index (χ3v) is 8.96. The molecule has 268 valence electrons. The van der Waals surface area contributed by atoms with Crippen LogP contribution in [-0.2, 0) is 20.5 Å². The lowest BCUT2D eigenvalue weighted by Crippen LogP contribution is -2.59. The second-order valence-electron chi connectivity index (χ2n) is 15.3. The van der Waals surface area contributed by atoms with Crippen molar-refractivity contribution in [2.75, 3.05) is 25.0 Å². The predicted molar refractivity (Wildman–Crippen MR) is 181 cm³/mol. The van der Waals surface area contributed by atoms with Gasteiger partial charge in [0.15, 0.2) is 5.82 Å². The first-order chi connectivity index (χ1) is 22.8. The quantitative estimate of drug-likeness (QED) is 0.364. The van der Waals surface area contributed by atoms with Crippen LogP contribution in [0.25, 0.3) is 16.5 Å². The number of anilines is 1. The molecule has 0 radical (unpaired) electrons. The number of benzene rings is 1. The van der Waals surface area contributed by atoms with Crippen molar-refractivity contribution < 1.29 is 32.3 Å². The van der Waals surface area contributed by atoms with E-state index in [0.29, 0.717) is 50.1 Å². The summed E-state index contributed by atoms with van der Waals surface area (Å²) >= 11 is 0. The minimum absolute atomic E-state index is 0.104. The molecule has 2 fully saturated rings. The van der Waals surface area contributed by atoms with E-state index in [1.165, 1.54) is 13.0 Å². The summed E-state index contributed by atoms with van der Waals surface area (Å²) in [6.07, 6.45) is -0.171. The summed E-state index contributed by atoms with van der Waals surface area (Å²) in [5.74, 6) is 0.0988. The standard InChI is InChI=1S/C35H48F3N7O4/c1-20(46)39-27-19-23(43-33(2,3)4)9-11-28(27)45-17-14-26(31(45)47)41-30-24-18-22(35(36,37)38)8-10-25(24)40-29(42-30)21-12-15-44(16-13-21)32(48)49-34(5,6)7/h8,10,12,18,23,26-28,43H,9,11,13-17,19H2,1-7H3,(H,39,46)(H,40,41,42)/t23-,26+,27-,28+/m1/s1. The zero-order chi connectivity index (χ0) is 35.9. The second-order valence-corrected chi connectivity index (χ2v) is 15.3. The maximum atomic E-state index is 13.9. The number of halogens is 3. The maximum Gasteiger partial charge on any atom is 0.416 e. The van der Waals surface area contributed by atoms with Gasteiger partial charge in [-0.2, -0.15) is 13.2 Å². The van der Waals surface area contributed by atoms with Crippen molar-refractivity contribution in [3.8, 4) is 0 Å². The Morgan fingerprint density at radius 1 is 1.00 bits per heavy atom. The largest absolute Gasteiger partial charge is 0.444 e. The summed E-state index contributed by atoms with van der Waals surface area (Å²) in [5.41, 5.74) is -0.550. The molecule has 3 amide bonds. The van der Waals surface area contributed by atoms with Gasteiger partial charge in [0.05, 0.1) is 23.2 Å². The van der Waals surface area contributed by atoms with Crippen molar-refractivity contribution >= 4 is 40.2 Å². The van der Waals surface area contributed by atoms with Crippen LogP contribution in [0.5, 0.6) is 0 Å². The van der Waals surface area contributed by atoms with Gasteiger partial charge in [0.25, 0.3) is 0 Å². The molecule has 14 heteroatoms. The first-order valence-corrected chi connectivity index (χ1v) is 17.0. The van der Waals surface area contributed by atoms with Crippen LogP contribution in [0.3, 0.4) is 0 Å². The second kappa shape index (κ2) is 13.8. The number of nitrogens with one attached hydrogen (secondary N) is 3. The highest BCUT2D eigenvalue weighted by Gasteiger charge is 2.43. The van der Waals surface area contributed by atoms with Crippen LogP contribution in [0.15, 0.2) is 24.3 Å². The molecule has 3 N–H and O–H groups in total. The molecule has 11 nitrogen and oxygen atoms in total. The lowest BCUT2D eigenvalue weighted by molar-refractivity contribution is -0.137. The van der Waals surface area contributed by atoms with E-state index in [4.69, 9.17) is 4.74 Å². The molecule has 2 aromatic rings. The number of rotatable bonds is 6. The summed E-state index contributed by atoms with van der Waals surface area (Å²) in [7, 11) is 0. The third kappa shape index (κ3) is 9.00. The summed E-state index contributed by atoms with van der Waals surface area (Å²) in [6.45, 7) is 14.2. The molecular weight excluding hydrogens is 639 g/mol. The van der Waals surface area contributed by atoms with Gasteiger partial charge in [-0.1, -0.05) is 6.08 Å². The molecule has 1 aliphatic carbocycles. The molecular formula is C35H48F3N7O4. The minimum Gasteiger partial charge on any atom is -0.444 e. The molecule has 1 aromatic heterocycles. The van der Waals surface area contributed by atoms with Crippen molar-refractivity contribution in [1.82, 2.24) is 30.4 Å². The zero-order valence-electron chi connectivity index (χ0n) is 29.3. The van der Waals surface area contributed by atoms with Gasteiger partial charge in [-0.3, -0.25) is 9.59 Å². The van der Waals surface area contributed by atoms with Crippen molar-refractivity contribution in [2.24, 2.45) is 0 Å². The minimum atomic E-state index is -4.58. The van der Waals surface area contributed by atoms with Gasteiger partial charge in [0.2, 0.25) is 11.8 Å². The predicted octanol–water partition coefficient (Wildman–Crippen LogP) is 5.50. The first-order valence-electron chi connectivity index (χ1n) is 17.0. The van der Waals surface area contributed by atoms with Gasteiger partial charge in [-0.05, 0) is 97.4 Å². The number of hydrogen-bond donors (Lipinski definition) is 3. The Labute approximate surface area is 285 Å². The van der Waals surface area contributed by atoms with Crippen LogP contribution in [-0.4, -0.2) is 92.6 Å². The Morgan fingerprint density at radius 2 is 1.73 bits per heavy atom. The Morgan fingerprint density at radius 3 is 2.35 bits per heavy atom. The van der Waals surface area contributed by atoms with Gasteiger partial charge >= 0.3 is 12.3 Å². The normalized spacial score (nSPS) is 23.8. The van der Waals surface area contributed by atoms with Crippen LogP contribution in [0.4, 0.5) is 23.8 Å². The number of nitrogens with zero attached hydrogens (tertiary/aromatic N) is 4. The SMILES string of the molecule is CC(=O)N[C@@H]1C[C@H](NC(C)(C)C)CC[C@@H]1N1CC[C@H](Nc2nc(C3=CCN(C(=O)OC(C)(C)C)CC3)nc3ccc(C(F)(F)F)cc23)C1=O. The van der Waals surface area contributed by atoms with Gasteiger partial charge in [-0.15, -0.1) is 0 Å². The molecule has 1 saturated heterocycles. The van der Waals surface area contributed by atoms with Gasteiger partial charge in [-0.25, -0.2) is 14.8 Å². The average molecular weight is 688 g/mol. The molecule has 1 aromatic carbocycles. The first kappa shape index (κ1) is 36.3. The number of likely N-dealkylation sites (tertiary alicyclic amines) is 1. The van der Waals surface area contributed by atoms with Crippen molar-refractivity contribution in [2.45, 2.75) is 122 Å². The summed E-state index contributed by atoms with van der Waals surface area (Å²) in [5, 5.41) is 10.0. The molecule has 49 heavy (non-hydrogen) atoms. The fourth-order valence-corrected chi connectivity index (χ4v) is 6.94. The fourth-order valence-electron chi connectivity index (χ4n) is 6.94. The van der Waals surface area contributed by atoms with Gasteiger partial charge in [0, 0.05) is 43.5 Å². The van der Waals surface area contributed by atoms with Crippen LogP contribution < -0.4 is 16.0 Å². The third-order valence-electron chi connectivity index (χ3n) is 8.96. The highest BCUT2D eigenvalue weighted by molar-refractivity contribution is 5.94. The van der Waals surface area contributed by atoms with Crippen molar-refractivity contribution in [3.63, 3.8) is 0 Å². The Hall–Kier alpha value is -3.94. The van der Waals surface area contributed by atoms with Crippen LogP contribution >= 0.6 is 0 Å². The molecule has 3 aliphatic rings. The Balaban J connectivity index is 1.40. The zero-order valence-corrected chi connectivity index (χ0v) is 29.3. The molecule has 1 saturated carbocycles. The Bertz CT molecular complexity index is 1620. The van der Waals surface area contributed by atoms with E-state index in [9.17, 15) is 27.6 Å². The number of aromatic nitrogens is 2. The number of carbonyl (C=O) groups is 3. The van der Waals surface area contributed by atoms with E-state index in [1.807, 2.05) is 6.08 Å². The number of alkyl halides is 3. The van der Waals surface area contributed by atoms with E-state index >= 15 is 0 Å². The van der Waals surface area contributed by atoms with Crippen molar-refractivity contribution in [3.05, 3.63) is 35.7 Å². The van der Waals surface area contributed by atoms with Crippen LogP contribution in [0.2, 0.25) is 0 Å². The Kier molecular flexibility index (Phi) is 10.2. The number of carbonyl (C=O) groups excluding carboxylic acids is 3. The molecule has 5 rings (SSSR count). The molecule has 3 heterocycles. The summed E-state index contributed by atoms with van der Waals surface area (Å²) < 4.78 is 46.8. The van der Waals surface area contributed by atoms with Crippen LogP contribution in [0.1, 0.15) is 92.0 Å². The van der Waals surface area contributed by atoms with Crippen molar-refractivity contribution in [1.29, 1.82) is 0 Å². The molecule has 0 bridgehead atoms. The molecule has 0 spiro atoms. The monoisotopic (exact) mass is 687 g/mol.